The van der Waals surface area contributed by atoms with E-state index in [9.17, 15) is 31.7 Å². The second-order valence-corrected chi connectivity index (χ2v) is 5.37. The first-order valence-electron chi connectivity index (χ1n) is 4.00. The molecule has 106 valence electrons. The van der Waals surface area contributed by atoms with E-state index >= 15 is 0 Å². The Morgan fingerprint density at radius 1 is 1.47 bits per heavy atom. The minimum Gasteiger partial charge on any atom is -0.501 e. The zero-order chi connectivity index (χ0) is 15.0. The van der Waals surface area contributed by atoms with Gasteiger partial charge in [0.25, 0.3) is 9.05 Å². The van der Waals surface area contributed by atoms with Crippen molar-refractivity contribution in [2.45, 2.75) is 11.3 Å². The van der Waals surface area contributed by atoms with Crippen LogP contribution in [0.1, 0.15) is 0 Å². The summed E-state index contributed by atoms with van der Waals surface area (Å²) >= 11 is 0. The van der Waals surface area contributed by atoms with E-state index in [0.717, 1.165) is 0 Å². The van der Waals surface area contributed by atoms with Gasteiger partial charge in [0.2, 0.25) is 16.5 Å². The highest BCUT2D eigenvalue weighted by atomic mass is 35.7. The molecule has 1 rings (SSSR count). The molecule has 0 spiro atoms. The standard InChI is InChI=1S/C6H2ClF3N2O6S/c7-19(16,17)4-3(12(14)15)2(13)1-11-5(4)18-6(8,9)10/h1,13H. The van der Waals surface area contributed by atoms with Crippen molar-refractivity contribution >= 4 is 25.4 Å². The third-order valence-electron chi connectivity index (χ3n) is 1.59. The van der Waals surface area contributed by atoms with Gasteiger partial charge in [-0.2, -0.15) is 0 Å². The van der Waals surface area contributed by atoms with Crippen LogP contribution in [0.4, 0.5) is 18.9 Å². The van der Waals surface area contributed by atoms with Crippen LogP contribution in [0.15, 0.2) is 11.1 Å². The molecule has 0 amide bonds. The van der Waals surface area contributed by atoms with E-state index in [0.29, 0.717) is 0 Å². The number of alkyl halides is 3. The summed E-state index contributed by atoms with van der Waals surface area (Å²) in [7, 11) is -0.238. The van der Waals surface area contributed by atoms with E-state index in [1.54, 1.807) is 0 Å². The first-order valence-corrected chi connectivity index (χ1v) is 6.31. The predicted molar refractivity (Wildman–Crippen MR) is 52.3 cm³/mol. The quantitative estimate of drug-likeness (QED) is 0.509. The number of nitro groups is 1. The maximum atomic E-state index is 12.0. The SMILES string of the molecule is O=[N+]([O-])c1c(O)cnc(OC(F)(F)F)c1S(=O)(=O)Cl. The molecule has 0 saturated carbocycles. The Morgan fingerprint density at radius 3 is 2.37 bits per heavy atom. The average molecular weight is 323 g/mol. The summed E-state index contributed by atoms with van der Waals surface area (Å²) in [5.74, 6) is -2.94. The van der Waals surface area contributed by atoms with Crippen LogP contribution in [0, 0.1) is 10.1 Å². The molecule has 13 heteroatoms. The smallest absolute Gasteiger partial charge is 0.501 e. The largest absolute Gasteiger partial charge is 0.574 e. The molecule has 0 saturated heterocycles. The maximum absolute atomic E-state index is 12.0. The van der Waals surface area contributed by atoms with Crippen molar-refractivity contribution in [3.05, 3.63) is 16.3 Å². The lowest BCUT2D eigenvalue weighted by Gasteiger charge is -2.10. The molecular formula is C6H2ClF3N2O6S. The van der Waals surface area contributed by atoms with Gasteiger partial charge in [0.15, 0.2) is 0 Å². The minimum absolute atomic E-state index is 0.227. The van der Waals surface area contributed by atoms with Gasteiger partial charge in [0.1, 0.15) is 0 Å². The molecular weight excluding hydrogens is 321 g/mol. The van der Waals surface area contributed by atoms with Gasteiger partial charge >= 0.3 is 12.0 Å². The van der Waals surface area contributed by atoms with Crippen LogP contribution in [-0.2, 0) is 9.05 Å². The summed E-state index contributed by atoms with van der Waals surface area (Å²) in [5, 5.41) is 19.6. The molecule has 0 bridgehead atoms. The second kappa shape index (κ2) is 4.70. The van der Waals surface area contributed by atoms with E-state index in [1.165, 1.54) is 0 Å². The fourth-order valence-corrected chi connectivity index (χ4v) is 2.17. The predicted octanol–water partition coefficient (Wildman–Crippen LogP) is 1.52. The van der Waals surface area contributed by atoms with E-state index in [4.69, 9.17) is 15.8 Å². The summed E-state index contributed by atoms with van der Waals surface area (Å²) in [5.41, 5.74) is -1.57. The Kier molecular flexibility index (Phi) is 3.77. The van der Waals surface area contributed by atoms with Crippen LogP contribution in [0.25, 0.3) is 0 Å². The lowest BCUT2D eigenvalue weighted by molar-refractivity contribution is -0.389. The molecule has 0 aliphatic heterocycles. The van der Waals surface area contributed by atoms with Crippen molar-refractivity contribution in [1.29, 1.82) is 0 Å². The van der Waals surface area contributed by atoms with E-state index in [-0.39, 0.29) is 6.20 Å². The van der Waals surface area contributed by atoms with Gasteiger partial charge in [-0.3, -0.25) is 10.1 Å². The Labute approximate surface area is 107 Å². The van der Waals surface area contributed by atoms with Crippen molar-refractivity contribution < 1.29 is 36.4 Å². The van der Waals surface area contributed by atoms with Gasteiger partial charge in [-0.1, -0.05) is 0 Å². The summed E-state index contributed by atoms with van der Waals surface area (Å²) in [6.07, 6.45) is -5.13. The molecule has 1 heterocycles. The molecule has 1 N–H and O–H groups in total. The van der Waals surface area contributed by atoms with Crippen LogP contribution in [0.5, 0.6) is 11.6 Å². The second-order valence-electron chi connectivity index (χ2n) is 2.87. The zero-order valence-electron chi connectivity index (χ0n) is 8.38. The topological polar surface area (TPSA) is 120 Å². The van der Waals surface area contributed by atoms with Crippen LogP contribution in [-0.4, -0.2) is 29.8 Å². The molecule has 8 nitrogen and oxygen atoms in total. The number of aromatic hydroxyl groups is 1. The van der Waals surface area contributed by atoms with Gasteiger partial charge in [-0.25, -0.2) is 13.4 Å². The van der Waals surface area contributed by atoms with Crippen molar-refractivity contribution in [2.24, 2.45) is 0 Å². The molecule has 0 radical (unpaired) electrons. The average Bonchev–Trinajstić information content (AvgIpc) is 2.15. The molecule has 0 aliphatic rings. The third-order valence-corrected chi connectivity index (χ3v) is 2.91. The first kappa shape index (κ1) is 15.2. The Morgan fingerprint density at radius 2 is 2.00 bits per heavy atom. The Bertz CT molecular complexity index is 631. The normalized spacial score (nSPS) is 12.2. The van der Waals surface area contributed by atoms with Gasteiger partial charge < -0.3 is 9.84 Å². The lowest BCUT2D eigenvalue weighted by atomic mass is 10.4. The highest BCUT2D eigenvalue weighted by Gasteiger charge is 2.40. The Balaban J connectivity index is 3.67. The molecule has 0 fully saturated rings. The van der Waals surface area contributed by atoms with E-state index in [1.807, 2.05) is 0 Å². The Hall–Kier alpha value is -1.82. The highest BCUT2D eigenvalue weighted by Crippen LogP contribution is 2.41. The summed E-state index contributed by atoms with van der Waals surface area (Å²) in [4.78, 5) is 10.3. The van der Waals surface area contributed by atoms with Crippen molar-refractivity contribution in [1.82, 2.24) is 4.98 Å². The fourth-order valence-electron chi connectivity index (χ4n) is 1.04. The lowest BCUT2D eigenvalue weighted by Crippen LogP contribution is -2.20. The molecule has 1 aromatic heterocycles. The number of rotatable bonds is 3. The summed E-state index contributed by atoms with van der Waals surface area (Å²) < 4.78 is 61.4. The zero-order valence-corrected chi connectivity index (χ0v) is 9.95. The van der Waals surface area contributed by atoms with Crippen molar-refractivity contribution in [3.63, 3.8) is 0 Å². The van der Waals surface area contributed by atoms with Gasteiger partial charge in [-0.05, 0) is 0 Å². The molecule has 0 aliphatic carbocycles. The van der Waals surface area contributed by atoms with Crippen LogP contribution >= 0.6 is 10.7 Å². The van der Waals surface area contributed by atoms with Crippen molar-refractivity contribution in [2.75, 3.05) is 0 Å². The number of aromatic nitrogens is 1. The fraction of sp³-hybridized carbons (Fsp3) is 0.167. The molecule has 0 atom stereocenters. The molecule has 0 aromatic carbocycles. The van der Waals surface area contributed by atoms with E-state index < -0.39 is 42.5 Å². The molecule has 0 unspecified atom stereocenters. The van der Waals surface area contributed by atoms with Crippen LogP contribution < -0.4 is 4.74 Å². The monoisotopic (exact) mass is 322 g/mol. The van der Waals surface area contributed by atoms with Gasteiger partial charge in [-0.15, -0.1) is 13.2 Å². The van der Waals surface area contributed by atoms with Gasteiger partial charge in [0, 0.05) is 10.7 Å². The molecule has 1 aromatic rings. The number of ether oxygens (including phenoxy) is 1. The number of pyridine rings is 1. The highest BCUT2D eigenvalue weighted by molar-refractivity contribution is 8.14. The summed E-state index contributed by atoms with van der Waals surface area (Å²) in [6.45, 7) is 0. The minimum atomic E-state index is -5.35. The van der Waals surface area contributed by atoms with E-state index in [2.05, 4.69) is 9.72 Å². The number of hydrogen-bond donors (Lipinski definition) is 1. The van der Waals surface area contributed by atoms with Crippen LogP contribution in [0.2, 0.25) is 0 Å². The third kappa shape index (κ3) is 3.57. The number of halogens is 4. The van der Waals surface area contributed by atoms with Crippen LogP contribution in [0.3, 0.4) is 0 Å². The first-order chi connectivity index (χ1) is 8.43. The molecule has 19 heavy (non-hydrogen) atoms. The summed E-state index contributed by atoms with van der Waals surface area (Å²) in [6, 6.07) is 0. The van der Waals surface area contributed by atoms with Gasteiger partial charge in [0.05, 0.1) is 11.1 Å². The maximum Gasteiger partial charge on any atom is 0.574 e. The van der Waals surface area contributed by atoms with Crippen molar-refractivity contribution in [3.8, 4) is 11.6 Å². The number of nitrogens with zero attached hydrogens (tertiary/aromatic N) is 2. The number of hydrogen-bond acceptors (Lipinski definition) is 7.